The Morgan fingerprint density at radius 2 is 2.25 bits per heavy atom. The molecule has 1 heterocycles. The first kappa shape index (κ1) is 9.38. The molecule has 1 rings (SSSR count). The fourth-order valence-corrected chi connectivity index (χ4v) is 2.12. The van der Waals surface area contributed by atoms with Crippen LogP contribution in [0.25, 0.3) is 0 Å². The van der Waals surface area contributed by atoms with E-state index < -0.39 is 11.2 Å². The van der Waals surface area contributed by atoms with Gasteiger partial charge in [-0.15, -0.1) is 11.8 Å². The molecule has 1 aliphatic rings. The van der Waals surface area contributed by atoms with E-state index in [9.17, 15) is 9.59 Å². The van der Waals surface area contributed by atoms with Crippen molar-refractivity contribution in [2.45, 2.75) is 12.2 Å². The number of amides is 1. The monoisotopic (exact) mass is 189 g/mol. The molecule has 0 aromatic heterocycles. The van der Waals surface area contributed by atoms with E-state index in [2.05, 4.69) is 0 Å². The predicted octanol–water partition coefficient (Wildman–Crippen LogP) is 0.0349. The third kappa shape index (κ3) is 2.14. The van der Waals surface area contributed by atoms with Crippen LogP contribution in [-0.4, -0.2) is 46.0 Å². The van der Waals surface area contributed by atoms with Crippen molar-refractivity contribution in [2.75, 3.05) is 18.8 Å². The molecule has 1 saturated heterocycles. The molecular weight excluding hydrogens is 178 g/mol. The number of aliphatic carboxylic acids is 1. The molecule has 5 heteroatoms. The number of rotatable bonds is 1. The van der Waals surface area contributed by atoms with Crippen molar-refractivity contribution in [3.05, 3.63) is 0 Å². The molecule has 0 radical (unpaired) electrons. The number of hydrogen-bond acceptors (Lipinski definition) is 3. The van der Waals surface area contributed by atoms with Crippen LogP contribution in [0.5, 0.6) is 0 Å². The molecule has 0 aromatic carbocycles. The van der Waals surface area contributed by atoms with Crippen LogP contribution in [-0.2, 0) is 9.59 Å². The standard InChI is InChI=1S/C7H11NO3S/c1-5(9)8-2-3-12-6(4-8)7(10)11/h6H,2-4H2,1H3,(H,10,11). The molecule has 0 saturated carbocycles. The lowest BCUT2D eigenvalue weighted by molar-refractivity contribution is -0.137. The van der Waals surface area contributed by atoms with Crippen molar-refractivity contribution in [1.82, 2.24) is 4.90 Å². The van der Waals surface area contributed by atoms with Gasteiger partial charge in [0.2, 0.25) is 5.91 Å². The van der Waals surface area contributed by atoms with E-state index in [1.165, 1.54) is 18.7 Å². The Bertz CT molecular complexity index is 187. The minimum atomic E-state index is -0.828. The number of carboxylic acid groups (broad SMARTS) is 1. The van der Waals surface area contributed by atoms with Crippen LogP contribution in [0, 0.1) is 0 Å². The maximum Gasteiger partial charge on any atom is 0.318 e. The SMILES string of the molecule is CC(=O)N1CCSC(C(=O)O)C1. The van der Waals surface area contributed by atoms with Gasteiger partial charge in [-0.3, -0.25) is 9.59 Å². The van der Waals surface area contributed by atoms with Gasteiger partial charge in [0.1, 0.15) is 5.25 Å². The summed E-state index contributed by atoms with van der Waals surface area (Å²) in [5.41, 5.74) is 0. The van der Waals surface area contributed by atoms with Gasteiger partial charge in [0.15, 0.2) is 0 Å². The van der Waals surface area contributed by atoms with Gasteiger partial charge >= 0.3 is 5.97 Å². The maximum absolute atomic E-state index is 10.9. The second kappa shape index (κ2) is 3.80. The summed E-state index contributed by atoms with van der Waals surface area (Å²) in [6.45, 7) is 2.48. The largest absolute Gasteiger partial charge is 0.480 e. The zero-order valence-corrected chi connectivity index (χ0v) is 7.63. The molecule has 0 aromatic rings. The maximum atomic E-state index is 10.9. The summed E-state index contributed by atoms with van der Waals surface area (Å²) in [7, 11) is 0. The molecule has 0 aliphatic carbocycles. The molecule has 1 amide bonds. The van der Waals surface area contributed by atoms with Gasteiger partial charge in [-0.25, -0.2) is 0 Å². The number of nitrogens with zero attached hydrogens (tertiary/aromatic N) is 1. The van der Waals surface area contributed by atoms with Crippen LogP contribution in [0.2, 0.25) is 0 Å². The predicted molar refractivity (Wildman–Crippen MR) is 46.1 cm³/mol. The average Bonchev–Trinajstić information content (AvgIpc) is 2.04. The van der Waals surface area contributed by atoms with Crippen molar-refractivity contribution in [3.8, 4) is 0 Å². The fraction of sp³-hybridized carbons (Fsp3) is 0.714. The summed E-state index contributed by atoms with van der Waals surface area (Å²) in [5.74, 6) is -0.149. The number of carboxylic acids is 1. The van der Waals surface area contributed by atoms with E-state index >= 15 is 0 Å². The van der Waals surface area contributed by atoms with Crippen LogP contribution < -0.4 is 0 Å². The van der Waals surface area contributed by atoms with E-state index in [1.54, 1.807) is 4.90 Å². The smallest absolute Gasteiger partial charge is 0.318 e. The highest BCUT2D eigenvalue weighted by Crippen LogP contribution is 2.18. The van der Waals surface area contributed by atoms with Crippen LogP contribution in [0.15, 0.2) is 0 Å². The van der Waals surface area contributed by atoms with Gasteiger partial charge in [0, 0.05) is 25.8 Å². The normalized spacial score (nSPS) is 23.8. The lowest BCUT2D eigenvalue weighted by Gasteiger charge is -2.29. The van der Waals surface area contributed by atoms with Gasteiger partial charge < -0.3 is 10.0 Å². The van der Waals surface area contributed by atoms with Crippen LogP contribution in [0.3, 0.4) is 0 Å². The first-order chi connectivity index (χ1) is 5.61. The Morgan fingerprint density at radius 1 is 1.58 bits per heavy atom. The number of carbonyl (C=O) groups is 2. The summed E-state index contributed by atoms with van der Waals surface area (Å²) in [5, 5.41) is 8.24. The molecule has 1 aliphatic heterocycles. The van der Waals surface area contributed by atoms with Crippen molar-refractivity contribution < 1.29 is 14.7 Å². The highest BCUT2D eigenvalue weighted by molar-refractivity contribution is 8.00. The molecule has 1 N–H and O–H groups in total. The minimum Gasteiger partial charge on any atom is -0.480 e. The molecule has 4 nitrogen and oxygen atoms in total. The van der Waals surface area contributed by atoms with Gasteiger partial charge in [-0.05, 0) is 0 Å². The first-order valence-electron chi connectivity index (χ1n) is 3.71. The van der Waals surface area contributed by atoms with Crippen LogP contribution in [0.4, 0.5) is 0 Å². The Labute approximate surface area is 74.9 Å². The van der Waals surface area contributed by atoms with Crippen molar-refractivity contribution in [3.63, 3.8) is 0 Å². The lowest BCUT2D eigenvalue weighted by Crippen LogP contribution is -2.43. The third-order valence-electron chi connectivity index (χ3n) is 1.79. The van der Waals surface area contributed by atoms with Crippen molar-refractivity contribution >= 4 is 23.6 Å². The molecule has 1 unspecified atom stereocenters. The van der Waals surface area contributed by atoms with E-state index in [0.29, 0.717) is 13.1 Å². The third-order valence-corrected chi connectivity index (χ3v) is 2.96. The van der Waals surface area contributed by atoms with Crippen molar-refractivity contribution in [1.29, 1.82) is 0 Å². The van der Waals surface area contributed by atoms with Gasteiger partial charge in [0.25, 0.3) is 0 Å². The Kier molecular flexibility index (Phi) is 2.97. The lowest BCUT2D eigenvalue weighted by atomic mass is 10.3. The van der Waals surface area contributed by atoms with Gasteiger partial charge in [0.05, 0.1) is 0 Å². The highest BCUT2D eigenvalue weighted by Gasteiger charge is 2.26. The fourth-order valence-electron chi connectivity index (χ4n) is 1.08. The van der Waals surface area contributed by atoms with Crippen molar-refractivity contribution in [2.24, 2.45) is 0 Å². The first-order valence-corrected chi connectivity index (χ1v) is 4.76. The molecular formula is C7H11NO3S. The van der Waals surface area contributed by atoms with Gasteiger partial charge in [-0.1, -0.05) is 0 Å². The Hall–Kier alpha value is -0.710. The summed E-state index contributed by atoms with van der Waals surface area (Å²) in [6, 6.07) is 0. The minimum absolute atomic E-state index is 0.0402. The molecule has 0 spiro atoms. The molecule has 12 heavy (non-hydrogen) atoms. The van der Waals surface area contributed by atoms with Gasteiger partial charge in [-0.2, -0.15) is 0 Å². The van der Waals surface area contributed by atoms with E-state index in [-0.39, 0.29) is 5.91 Å². The summed E-state index contributed by atoms with van der Waals surface area (Å²) in [4.78, 5) is 23.0. The van der Waals surface area contributed by atoms with Crippen LogP contribution in [0.1, 0.15) is 6.92 Å². The second-order valence-corrected chi connectivity index (χ2v) is 3.97. The second-order valence-electron chi connectivity index (χ2n) is 2.66. The van der Waals surface area contributed by atoms with Crippen LogP contribution >= 0.6 is 11.8 Å². The molecule has 68 valence electrons. The molecule has 1 atom stereocenters. The highest BCUT2D eigenvalue weighted by atomic mass is 32.2. The number of hydrogen-bond donors (Lipinski definition) is 1. The zero-order chi connectivity index (χ0) is 9.14. The Balaban J connectivity index is 2.51. The van der Waals surface area contributed by atoms with E-state index in [4.69, 9.17) is 5.11 Å². The zero-order valence-electron chi connectivity index (χ0n) is 6.82. The molecule has 0 bridgehead atoms. The number of thioether (sulfide) groups is 1. The van der Waals surface area contributed by atoms with E-state index in [0.717, 1.165) is 5.75 Å². The molecule has 1 fully saturated rings. The Morgan fingerprint density at radius 3 is 2.75 bits per heavy atom. The summed E-state index contributed by atoms with van der Waals surface area (Å²) in [6.07, 6.45) is 0. The summed E-state index contributed by atoms with van der Waals surface area (Å²) >= 11 is 1.40. The van der Waals surface area contributed by atoms with E-state index in [1.807, 2.05) is 0 Å². The topological polar surface area (TPSA) is 57.6 Å². The quantitative estimate of drug-likeness (QED) is 0.632. The summed E-state index contributed by atoms with van der Waals surface area (Å²) < 4.78 is 0. The number of carbonyl (C=O) groups excluding carboxylic acids is 1. The average molecular weight is 189 g/mol.